The largest absolute Gasteiger partial charge is 0.462 e. The van der Waals surface area contributed by atoms with Gasteiger partial charge in [-0.25, -0.2) is 0 Å². The molecule has 1 aliphatic heterocycles. The fourth-order valence-electron chi connectivity index (χ4n) is 3.14. The van der Waals surface area contributed by atoms with Crippen LogP contribution in [0.2, 0.25) is 0 Å². The SMILES string of the molecule is CCCCC[C@@H](O)/C=C/C1[C@@H](O)C[C@H]2OC(=O)C[C@@H]12. The highest BCUT2D eigenvalue weighted by Crippen LogP contribution is 2.42. The third-order valence-electron chi connectivity index (χ3n) is 4.23. The summed E-state index contributed by atoms with van der Waals surface area (Å²) in [5, 5.41) is 19.8. The lowest BCUT2D eigenvalue weighted by molar-refractivity contribution is -0.141. The molecule has 2 rings (SSSR count). The quantitative estimate of drug-likeness (QED) is 0.438. The molecule has 0 aromatic heterocycles. The van der Waals surface area contributed by atoms with Gasteiger partial charge in [0.05, 0.1) is 18.6 Å². The van der Waals surface area contributed by atoms with Crippen molar-refractivity contribution in [2.75, 3.05) is 0 Å². The van der Waals surface area contributed by atoms with Gasteiger partial charge in [-0.1, -0.05) is 38.3 Å². The number of aliphatic hydroxyl groups excluding tert-OH is 2. The summed E-state index contributed by atoms with van der Waals surface area (Å²) in [5.74, 6) is -0.136. The first kappa shape index (κ1) is 14.5. The molecule has 19 heavy (non-hydrogen) atoms. The number of unbranched alkanes of at least 4 members (excludes halogenated alkanes) is 2. The summed E-state index contributed by atoms with van der Waals surface area (Å²) in [7, 11) is 0. The maximum Gasteiger partial charge on any atom is 0.306 e. The lowest BCUT2D eigenvalue weighted by Crippen LogP contribution is -2.18. The molecule has 2 N–H and O–H groups in total. The highest BCUT2D eigenvalue weighted by Gasteiger charge is 2.48. The summed E-state index contributed by atoms with van der Waals surface area (Å²) >= 11 is 0. The summed E-state index contributed by atoms with van der Waals surface area (Å²) in [6, 6.07) is 0. The Hall–Kier alpha value is -0.870. The van der Waals surface area contributed by atoms with E-state index in [9.17, 15) is 15.0 Å². The third-order valence-corrected chi connectivity index (χ3v) is 4.23. The molecule has 1 saturated carbocycles. The molecule has 1 saturated heterocycles. The molecule has 0 aromatic rings. The molecule has 4 nitrogen and oxygen atoms in total. The van der Waals surface area contributed by atoms with Gasteiger partial charge >= 0.3 is 5.97 Å². The fourth-order valence-corrected chi connectivity index (χ4v) is 3.14. The van der Waals surface area contributed by atoms with Crippen molar-refractivity contribution in [2.45, 2.75) is 63.8 Å². The average Bonchev–Trinajstić information content (AvgIpc) is 2.82. The Kier molecular flexibility index (Phi) is 4.99. The second-order valence-corrected chi connectivity index (χ2v) is 5.72. The second kappa shape index (κ2) is 6.53. The fraction of sp³-hybridized carbons (Fsp3) is 0.800. The molecule has 1 unspecified atom stereocenters. The maximum atomic E-state index is 11.2. The second-order valence-electron chi connectivity index (χ2n) is 5.72. The minimum Gasteiger partial charge on any atom is -0.462 e. The molecule has 1 heterocycles. The smallest absolute Gasteiger partial charge is 0.306 e. The van der Waals surface area contributed by atoms with Crippen LogP contribution in [-0.4, -0.2) is 34.5 Å². The van der Waals surface area contributed by atoms with Crippen molar-refractivity contribution in [1.82, 2.24) is 0 Å². The van der Waals surface area contributed by atoms with Gasteiger partial charge < -0.3 is 14.9 Å². The van der Waals surface area contributed by atoms with Crippen LogP contribution in [0.4, 0.5) is 0 Å². The molecule has 2 fully saturated rings. The van der Waals surface area contributed by atoms with Gasteiger partial charge in [-0.15, -0.1) is 0 Å². The van der Waals surface area contributed by atoms with Gasteiger partial charge in [-0.05, 0) is 6.42 Å². The lowest BCUT2D eigenvalue weighted by Gasteiger charge is -2.15. The summed E-state index contributed by atoms with van der Waals surface area (Å²) in [6.07, 6.45) is 7.58. The number of esters is 1. The monoisotopic (exact) mass is 268 g/mol. The Balaban J connectivity index is 1.85. The molecule has 5 atom stereocenters. The van der Waals surface area contributed by atoms with E-state index in [1.165, 1.54) is 0 Å². The van der Waals surface area contributed by atoms with Crippen LogP contribution >= 0.6 is 0 Å². The van der Waals surface area contributed by atoms with Crippen molar-refractivity contribution < 1.29 is 19.7 Å². The standard InChI is InChI=1S/C15H24O4/c1-2-3-4-5-10(16)6-7-11-12-8-15(18)19-14(12)9-13(11)17/h6-7,10-14,16-17H,2-5,8-9H2,1H3/b7-6+/t10-,11?,12+,13+,14-/m1/s1. The molecule has 0 amide bonds. The van der Waals surface area contributed by atoms with Crippen LogP contribution in [0.15, 0.2) is 12.2 Å². The number of hydrogen-bond acceptors (Lipinski definition) is 4. The van der Waals surface area contributed by atoms with E-state index >= 15 is 0 Å². The minimum atomic E-state index is -0.456. The number of carbonyl (C=O) groups is 1. The summed E-state index contributed by atoms with van der Waals surface area (Å²) in [5.41, 5.74) is 0. The molecule has 4 heteroatoms. The van der Waals surface area contributed by atoms with Gasteiger partial charge in [-0.3, -0.25) is 4.79 Å². The predicted octanol–water partition coefficient (Wildman–Crippen LogP) is 1.80. The number of aliphatic hydroxyl groups is 2. The number of fused-ring (bicyclic) bond motifs is 1. The van der Waals surface area contributed by atoms with Gasteiger partial charge in [0, 0.05) is 18.3 Å². The molecule has 0 aromatic carbocycles. The Morgan fingerprint density at radius 2 is 2.26 bits per heavy atom. The third kappa shape index (κ3) is 3.57. The number of hydrogen-bond donors (Lipinski definition) is 2. The highest BCUT2D eigenvalue weighted by molar-refractivity contribution is 5.72. The van der Waals surface area contributed by atoms with E-state index < -0.39 is 12.2 Å². The Morgan fingerprint density at radius 3 is 3.00 bits per heavy atom. The normalized spacial score (nSPS) is 35.6. The predicted molar refractivity (Wildman–Crippen MR) is 71.4 cm³/mol. The average molecular weight is 268 g/mol. The number of ether oxygens (including phenoxy) is 1. The van der Waals surface area contributed by atoms with Crippen LogP contribution in [0.25, 0.3) is 0 Å². The van der Waals surface area contributed by atoms with E-state index in [4.69, 9.17) is 4.74 Å². The van der Waals surface area contributed by atoms with Crippen LogP contribution in [0.1, 0.15) is 45.4 Å². The van der Waals surface area contributed by atoms with Gasteiger partial charge in [0.1, 0.15) is 6.10 Å². The zero-order valence-electron chi connectivity index (χ0n) is 11.5. The maximum absolute atomic E-state index is 11.2. The molecule has 0 bridgehead atoms. The summed E-state index contributed by atoms with van der Waals surface area (Å²) < 4.78 is 5.18. The van der Waals surface area contributed by atoms with Gasteiger partial charge in [0.25, 0.3) is 0 Å². The molecular formula is C15H24O4. The summed E-state index contributed by atoms with van der Waals surface area (Å²) in [4.78, 5) is 11.2. The van der Waals surface area contributed by atoms with Crippen molar-refractivity contribution in [1.29, 1.82) is 0 Å². The molecule has 0 spiro atoms. The molecule has 2 aliphatic rings. The first-order chi connectivity index (χ1) is 9.11. The molecular weight excluding hydrogens is 244 g/mol. The van der Waals surface area contributed by atoms with Gasteiger partial charge in [0.15, 0.2) is 0 Å². The van der Waals surface area contributed by atoms with E-state index in [2.05, 4.69) is 6.92 Å². The van der Waals surface area contributed by atoms with Crippen LogP contribution in [-0.2, 0) is 9.53 Å². The minimum absolute atomic E-state index is 0.0581. The van der Waals surface area contributed by atoms with Crippen LogP contribution in [0, 0.1) is 11.8 Å². The Labute approximate surface area is 114 Å². The van der Waals surface area contributed by atoms with Gasteiger partial charge in [-0.2, -0.15) is 0 Å². The number of carbonyl (C=O) groups excluding carboxylic acids is 1. The molecule has 1 aliphatic carbocycles. The van der Waals surface area contributed by atoms with Gasteiger partial charge in [0.2, 0.25) is 0 Å². The van der Waals surface area contributed by atoms with Crippen LogP contribution < -0.4 is 0 Å². The van der Waals surface area contributed by atoms with E-state index in [1.54, 1.807) is 6.08 Å². The Morgan fingerprint density at radius 1 is 1.47 bits per heavy atom. The van der Waals surface area contributed by atoms with Crippen molar-refractivity contribution in [3.05, 3.63) is 12.2 Å². The van der Waals surface area contributed by atoms with E-state index in [1.807, 2.05) is 6.08 Å². The van der Waals surface area contributed by atoms with E-state index in [-0.39, 0.29) is 23.9 Å². The first-order valence-electron chi connectivity index (χ1n) is 7.35. The first-order valence-corrected chi connectivity index (χ1v) is 7.35. The Bertz CT molecular complexity index is 339. The van der Waals surface area contributed by atoms with Crippen molar-refractivity contribution >= 4 is 5.97 Å². The van der Waals surface area contributed by atoms with Crippen molar-refractivity contribution in [3.8, 4) is 0 Å². The topological polar surface area (TPSA) is 66.8 Å². The molecule has 108 valence electrons. The summed E-state index contributed by atoms with van der Waals surface area (Å²) in [6.45, 7) is 2.13. The van der Waals surface area contributed by atoms with E-state index in [0.717, 1.165) is 25.7 Å². The number of rotatable bonds is 6. The zero-order valence-corrected chi connectivity index (χ0v) is 11.5. The van der Waals surface area contributed by atoms with Crippen molar-refractivity contribution in [2.24, 2.45) is 11.8 Å². The van der Waals surface area contributed by atoms with Crippen LogP contribution in [0.5, 0.6) is 0 Å². The molecule has 0 radical (unpaired) electrons. The van der Waals surface area contributed by atoms with Crippen LogP contribution in [0.3, 0.4) is 0 Å². The zero-order chi connectivity index (χ0) is 13.8. The van der Waals surface area contributed by atoms with Crippen molar-refractivity contribution in [3.63, 3.8) is 0 Å². The highest BCUT2D eigenvalue weighted by atomic mass is 16.6. The lowest BCUT2D eigenvalue weighted by atomic mass is 9.91. The van der Waals surface area contributed by atoms with E-state index in [0.29, 0.717) is 12.8 Å².